The summed E-state index contributed by atoms with van der Waals surface area (Å²) in [6.45, 7) is 24.5. The van der Waals surface area contributed by atoms with Crippen molar-refractivity contribution >= 4 is 17.5 Å². The lowest BCUT2D eigenvalue weighted by Crippen LogP contribution is -2.58. The van der Waals surface area contributed by atoms with Gasteiger partial charge < -0.3 is 9.84 Å². The van der Waals surface area contributed by atoms with Gasteiger partial charge in [0.2, 0.25) is 0 Å². The number of hydrogen-bond donors (Lipinski definition) is 1. The summed E-state index contributed by atoms with van der Waals surface area (Å²) in [7, 11) is 0. The van der Waals surface area contributed by atoms with E-state index in [0.29, 0.717) is 36.3 Å². The summed E-state index contributed by atoms with van der Waals surface area (Å²) in [4.78, 5) is 36.8. The van der Waals surface area contributed by atoms with Crippen molar-refractivity contribution in [3.05, 3.63) is 52.1 Å². The van der Waals surface area contributed by atoms with E-state index in [2.05, 4.69) is 87.4 Å². The Morgan fingerprint density at radius 1 is 0.886 bits per heavy atom. The number of Topliss-reactive ketones (excluding diaryl/α,β-unsaturated/α-hetero) is 1. The molecule has 0 radical (unpaired) electrons. The molecule has 6 atom stereocenters. The molecule has 2 fully saturated rings. The minimum atomic E-state index is -0.990. The van der Waals surface area contributed by atoms with E-state index in [4.69, 9.17) is 4.74 Å². The molecule has 2 saturated carbocycles. The molecule has 0 heterocycles. The number of carbonyl (C=O) groups is 3. The zero-order valence-corrected chi connectivity index (χ0v) is 29.4. The summed E-state index contributed by atoms with van der Waals surface area (Å²) in [5.41, 5.74) is 4.41. The molecule has 4 aliphatic rings. The van der Waals surface area contributed by atoms with Gasteiger partial charge in [-0.25, -0.2) is 0 Å². The molecule has 5 heteroatoms. The number of carbonyl (C=O) groups excluding carboxylic acids is 3. The monoisotopic (exact) mass is 604 g/mol. The lowest BCUT2D eigenvalue weighted by molar-refractivity contribution is -0.185. The number of aryl methyl sites for hydroxylation is 1. The molecular weight excluding hydrogens is 548 g/mol. The first kappa shape index (κ1) is 34.2. The Hall–Kier alpha value is -2.69. The SMILES string of the molecule is CC(=O)O[C@]1(C(C)=O)CC[C@H]2[C@@H]3C=C(C)C4=CC(=O)CC[C@]4(C)[C@H]3CC[C@@]21C.Cc1cc(C(C)(C)C)c(O)c(C(C)(C)C)c1. The summed E-state index contributed by atoms with van der Waals surface area (Å²) in [6.07, 6.45) is 9.20. The molecule has 0 aromatic heterocycles. The number of ether oxygens (including phenoxy) is 1. The van der Waals surface area contributed by atoms with Gasteiger partial charge in [-0.15, -0.1) is 0 Å². The number of hydrogen-bond acceptors (Lipinski definition) is 5. The highest BCUT2D eigenvalue weighted by Crippen LogP contribution is 2.67. The highest BCUT2D eigenvalue weighted by Gasteiger charge is 2.67. The Morgan fingerprint density at radius 3 is 1.93 bits per heavy atom. The van der Waals surface area contributed by atoms with Crippen molar-refractivity contribution in [2.45, 2.75) is 138 Å². The van der Waals surface area contributed by atoms with Crippen molar-refractivity contribution in [1.29, 1.82) is 0 Å². The van der Waals surface area contributed by atoms with Crippen LogP contribution >= 0.6 is 0 Å². The van der Waals surface area contributed by atoms with Crippen molar-refractivity contribution in [3.63, 3.8) is 0 Å². The maximum Gasteiger partial charge on any atom is 0.303 e. The maximum absolute atomic E-state index is 12.8. The number of esters is 1. The summed E-state index contributed by atoms with van der Waals surface area (Å²) in [5, 5.41) is 10.4. The summed E-state index contributed by atoms with van der Waals surface area (Å²) >= 11 is 0. The van der Waals surface area contributed by atoms with Gasteiger partial charge in [-0.2, -0.15) is 0 Å². The quantitative estimate of drug-likeness (QED) is 0.341. The Kier molecular flexibility index (Phi) is 8.76. The molecule has 0 spiro atoms. The van der Waals surface area contributed by atoms with E-state index in [-0.39, 0.29) is 39.2 Å². The molecule has 0 amide bonds. The summed E-state index contributed by atoms with van der Waals surface area (Å²) < 4.78 is 5.82. The van der Waals surface area contributed by atoms with Crippen LogP contribution in [0.4, 0.5) is 0 Å². The zero-order valence-electron chi connectivity index (χ0n) is 29.4. The molecule has 0 unspecified atom stereocenters. The number of phenols is 1. The fourth-order valence-corrected chi connectivity index (χ4v) is 9.40. The van der Waals surface area contributed by atoms with Crippen LogP contribution in [-0.2, 0) is 30.0 Å². The zero-order chi connectivity index (χ0) is 33.2. The first-order chi connectivity index (χ1) is 20.1. The molecule has 44 heavy (non-hydrogen) atoms. The highest BCUT2D eigenvalue weighted by molar-refractivity contribution is 5.92. The lowest BCUT2D eigenvalue weighted by atomic mass is 9.47. The number of phenolic OH excluding ortho intramolecular Hbond substituents is 1. The normalized spacial score (nSPS) is 33.1. The fraction of sp³-hybridized carbons (Fsp3) is 0.667. The fourth-order valence-electron chi connectivity index (χ4n) is 9.40. The molecule has 5 rings (SSSR count). The van der Waals surface area contributed by atoms with E-state index >= 15 is 0 Å². The van der Waals surface area contributed by atoms with Crippen LogP contribution < -0.4 is 0 Å². The van der Waals surface area contributed by atoms with Crippen molar-refractivity contribution in [1.82, 2.24) is 0 Å². The third-order valence-corrected chi connectivity index (χ3v) is 11.7. The average molecular weight is 605 g/mol. The van der Waals surface area contributed by atoms with Gasteiger partial charge in [-0.3, -0.25) is 14.4 Å². The van der Waals surface area contributed by atoms with Crippen LogP contribution in [0.1, 0.15) is 131 Å². The standard InChI is InChI=1S/C24H32O4.C15H24O/c1-14-12-18-19(22(4)9-6-17(27)13-21(14)22)7-10-23(5)20(18)8-11-24(23,15(2)25)28-16(3)26;1-10-8-11(14(2,3)4)13(16)12(9-10)15(5,6)7/h12-13,18-20H,6-11H2,1-5H3;8-9,16H,1-7H3/t18-,19+,20+,22-,23+,24+;/m1./s1. The van der Waals surface area contributed by atoms with Gasteiger partial charge in [0.25, 0.3) is 0 Å². The average Bonchev–Trinajstić information content (AvgIpc) is 3.18. The van der Waals surface area contributed by atoms with Crippen molar-refractivity contribution in [3.8, 4) is 5.75 Å². The van der Waals surface area contributed by atoms with E-state index in [9.17, 15) is 19.5 Å². The van der Waals surface area contributed by atoms with Gasteiger partial charge >= 0.3 is 5.97 Å². The van der Waals surface area contributed by atoms with Gasteiger partial charge in [0.1, 0.15) is 5.75 Å². The number of benzene rings is 1. The minimum absolute atomic E-state index is 0.0160. The topological polar surface area (TPSA) is 80.7 Å². The second-order valence-electron chi connectivity index (χ2n) is 16.8. The summed E-state index contributed by atoms with van der Waals surface area (Å²) in [5.74, 6) is 1.49. The van der Waals surface area contributed by atoms with Crippen LogP contribution in [0, 0.1) is 35.5 Å². The minimum Gasteiger partial charge on any atom is -0.507 e. The molecule has 0 aliphatic heterocycles. The lowest BCUT2D eigenvalue weighted by Gasteiger charge is -2.58. The second kappa shape index (κ2) is 11.3. The molecule has 1 aromatic rings. The molecular formula is C39H56O5. The smallest absolute Gasteiger partial charge is 0.303 e. The van der Waals surface area contributed by atoms with Gasteiger partial charge in [0.05, 0.1) is 0 Å². The highest BCUT2D eigenvalue weighted by atomic mass is 16.6. The number of rotatable bonds is 2. The van der Waals surface area contributed by atoms with Crippen LogP contribution in [0.25, 0.3) is 0 Å². The Labute approximate surface area is 265 Å². The number of fused-ring (bicyclic) bond motifs is 5. The van der Waals surface area contributed by atoms with Crippen LogP contribution in [0.15, 0.2) is 35.4 Å². The van der Waals surface area contributed by atoms with E-state index in [1.807, 2.05) is 6.08 Å². The number of allylic oxidation sites excluding steroid dienone is 4. The molecule has 1 N–H and O–H groups in total. The van der Waals surface area contributed by atoms with E-state index < -0.39 is 5.60 Å². The van der Waals surface area contributed by atoms with Crippen LogP contribution in [0.2, 0.25) is 0 Å². The van der Waals surface area contributed by atoms with Crippen LogP contribution in [0.5, 0.6) is 5.75 Å². The number of aromatic hydroxyl groups is 1. The molecule has 0 bridgehead atoms. The number of ketones is 2. The predicted octanol–water partition coefficient (Wildman–Crippen LogP) is 8.87. The molecule has 242 valence electrons. The molecule has 5 nitrogen and oxygen atoms in total. The Morgan fingerprint density at radius 2 is 1.43 bits per heavy atom. The van der Waals surface area contributed by atoms with Gasteiger partial charge in [0.15, 0.2) is 17.2 Å². The van der Waals surface area contributed by atoms with Crippen LogP contribution in [0.3, 0.4) is 0 Å². The van der Waals surface area contributed by atoms with Crippen molar-refractivity contribution < 1.29 is 24.2 Å². The van der Waals surface area contributed by atoms with Gasteiger partial charge in [0, 0.05) is 18.8 Å². The Bertz CT molecular complexity index is 1380. The van der Waals surface area contributed by atoms with Crippen LogP contribution in [-0.4, -0.2) is 28.2 Å². The molecule has 0 saturated heterocycles. The van der Waals surface area contributed by atoms with E-state index in [0.717, 1.165) is 36.8 Å². The maximum atomic E-state index is 12.8. The van der Waals surface area contributed by atoms with Crippen molar-refractivity contribution in [2.24, 2.45) is 28.6 Å². The third-order valence-electron chi connectivity index (χ3n) is 11.7. The largest absolute Gasteiger partial charge is 0.507 e. The Balaban J connectivity index is 0.000000236. The molecule has 4 aliphatic carbocycles. The molecule has 1 aromatic carbocycles. The third kappa shape index (κ3) is 5.62. The predicted molar refractivity (Wildman–Crippen MR) is 177 cm³/mol. The second-order valence-corrected chi connectivity index (χ2v) is 16.8. The van der Waals surface area contributed by atoms with Gasteiger partial charge in [-0.1, -0.05) is 84.7 Å². The van der Waals surface area contributed by atoms with E-state index in [1.54, 1.807) is 6.92 Å². The first-order valence-electron chi connectivity index (χ1n) is 16.6. The summed E-state index contributed by atoms with van der Waals surface area (Å²) in [6, 6.07) is 4.18. The first-order valence-corrected chi connectivity index (χ1v) is 16.6. The van der Waals surface area contributed by atoms with E-state index in [1.165, 1.54) is 23.6 Å². The van der Waals surface area contributed by atoms with Gasteiger partial charge in [-0.05, 0) is 110 Å². The van der Waals surface area contributed by atoms with Crippen molar-refractivity contribution in [2.75, 3.05) is 0 Å².